The SMILES string of the molecule is CCCCOc1ccc2c3c(c4cc(OC)c(CO)cc4c2c1)CN1CCC[C@H]1C3N. The standard InChI is InChI=1S/C26H32N2O3/c1-3-4-10-31-17-7-8-18-20(12-17)19-11-16(15-29)24(30-2)13-21(19)22-14-28-9-5-6-23(28)26(27)25(18)22/h7-8,11-13,23,26,29H,3-6,9-10,14-15,27H2,1-2H3/t23-,26?/m0/s1. The summed E-state index contributed by atoms with van der Waals surface area (Å²) in [5, 5.41) is 14.6. The zero-order valence-corrected chi connectivity index (χ0v) is 18.5. The lowest BCUT2D eigenvalue weighted by Gasteiger charge is -2.38. The Balaban J connectivity index is 1.79. The molecule has 1 saturated heterocycles. The first kappa shape index (κ1) is 20.6. The normalized spacial score (nSPS) is 20.8. The first-order valence-corrected chi connectivity index (χ1v) is 11.5. The van der Waals surface area contributed by atoms with Crippen molar-refractivity contribution in [1.82, 2.24) is 4.90 Å². The van der Waals surface area contributed by atoms with E-state index in [0.29, 0.717) is 6.04 Å². The number of aliphatic hydroxyl groups excluding tert-OH is 1. The molecule has 0 radical (unpaired) electrons. The molecule has 0 bridgehead atoms. The van der Waals surface area contributed by atoms with E-state index in [4.69, 9.17) is 15.2 Å². The van der Waals surface area contributed by atoms with Gasteiger partial charge in [-0.05, 0) is 82.7 Å². The van der Waals surface area contributed by atoms with E-state index in [9.17, 15) is 5.11 Å². The fourth-order valence-corrected chi connectivity index (χ4v) is 5.53. The average molecular weight is 421 g/mol. The Hall–Kier alpha value is -2.34. The van der Waals surface area contributed by atoms with Crippen LogP contribution in [0.4, 0.5) is 0 Å². The quantitative estimate of drug-likeness (QED) is 0.449. The fraction of sp³-hybridized carbons (Fsp3) is 0.462. The van der Waals surface area contributed by atoms with Crippen LogP contribution in [0.1, 0.15) is 55.3 Å². The van der Waals surface area contributed by atoms with E-state index in [1.165, 1.54) is 28.3 Å². The first-order valence-electron chi connectivity index (χ1n) is 11.5. The van der Waals surface area contributed by atoms with Crippen molar-refractivity contribution in [2.24, 2.45) is 5.73 Å². The molecule has 164 valence electrons. The minimum Gasteiger partial charge on any atom is -0.496 e. The Kier molecular flexibility index (Phi) is 5.51. The van der Waals surface area contributed by atoms with Crippen molar-refractivity contribution in [3.63, 3.8) is 0 Å². The van der Waals surface area contributed by atoms with Gasteiger partial charge in [0.2, 0.25) is 0 Å². The molecule has 5 rings (SSSR count). The van der Waals surface area contributed by atoms with E-state index >= 15 is 0 Å². The van der Waals surface area contributed by atoms with Gasteiger partial charge in [0.1, 0.15) is 11.5 Å². The van der Waals surface area contributed by atoms with Gasteiger partial charge in [0.05, 0.1) is 20.3 Å². The molecule has 2 atom stereocenters. The van der Waals surface area contributed by atoms with Crippen molar-refractivity contribution in [1.29, 1.82) is 0 Å². The number of nitrogens with two attached hydrogens (primary N) is 1. The van der Waals surface area contributed by atoms with Gasteiger partial charge in [-0.1, -0.05) is 19.4 Å². The zero-order chi connectivity index (χ0) is 21.5. The minimum absolute atomic E-state index is 0.00600. The number of unbranched alkanes of at least 4 members (excludes halogenated alkanes) is 1. The van der Waals surface area contributed by atoms with Crippen LogP contribution in [0.2, 0.25) is 0 Å². The van der Waals surface area contributed by atoms with Crippen molar-refractivity contribution >= 4 is 21.5 Å². The van der Waals surface area contributed by atoms with Crippen LogP contribution in [0.15, 0.2) is 30.3 Å². The number of hydrogen-bond acceptors (Lipinski definition) is 5. The van der Waals surface area contributed by atoms with Gasteiger partial charge in [-0.2, -0.15) is 0 Å². The molecule has 0 saturated carbocycles. The third-order valence-corrected chi connectivity index (χ3v) is 7.10. The zero-order valence-electron chi connectivity index (χ0n) is 18.5. The highest BCUT2D eigenvalue weighted by Crippen LogP contribution is 2.45. The van der Waals surface area contributed by atoms with Crippen LogP contribution < -0.4 is 15.2 Å². The second kappa shape index (κ2) is 8.30. The second-order valence-electron chi connectivity index (χ2n) is 8.88. The second-order valence-corrected chi connectivity index (χ2v) is 8.88. The van der Waals surface area contributed by atoms with Crippen LogP contribution in [-0.4, -0.2) is 36.3 Å². The molecule has 5 heteroatoms. The molecular weight excluding hydrogens is 388 g/mol. The van der Waals surface area contributed by atoms with Gasteiger partial charge in [-0.25, -0.2) is 0 Å². The van der Waals surface area contributed by atoms with Crippen LogP contribution in [0.3, 0.4) is 0 Å². The number of hydrogen-bond donors (Lipinski definition) is 2. The molecule has 3 aromatic carbocycles. The lowest BCUT2D eigenvalue weighted by Crippen LogP contribution is -2.42. The van der Waals surface area contributed by atoms with Gasteiger partial charge in [0.25, 0.3) is 0 Å². The molecule has 31 heavy (non-hydrogen) atoms. The van der Waals surface area contributed by atoms with E-state index in [0.717, 1.165) is 66.8 Å². The first-order chi connectivity index (χ1) is 15.2. The maximum absolute atomic E-state index is 9.95. The topological polar surface area (TPSA) is 68.0 Å². The van der Waals surface area contributed by atoms with Gasteiger partial charge in [-0.15, -0.1) is 0 Å². The summed E-state index contributed by atoms with van der Waals surface area (Å²) in [6.45, 7) is 4.85. The van der Waals surface area contributed by atoms with Crippen LogP contribution >= 0.6 is 0 Å². The molecule has 0 aromatic heterocycles. The van der Waals surface area contributed by atoms with Crippen LogP contribution in [-0.2, 0) is 13.2 Å². The van der Waals surface area contributed by atoms with Crippen molar-refractivity contribution in [2.45, 2.75) is 57.8 Å². The van der Waals surface area contributed by atoms with E-state index in [1.54, 1.807) is 7.11 Å². The highest BCUT2D eigenvalue weighted by atomic mass is 16.5. The van der Waals surface area contributed by atoms with E-state index < -0.39 is 0 Å². The maximum Gasteiger partial charge on any atom is 0.125 e. The van der Waals surface area contributed by atoms with Crippen molar-refractivity contribution in [2.75, 3.05) is 20.3 Å². The highest BCUT2D eigenvalue weighted by molar-refractivity contribution is 6.12. The van der Waals surface area contributed by atoms with Crippen molar-refractivity contribution < 1.29 is 14.6 Å². The van der Waals surface area contributed by atoms with E-state index in [-0.39, 0.29) is 12.6 Å². The monoisotopic (exact) mass is 420 g/mol. The smallest absolute Gasteiger partial charge is 0.125 e. The van der Waals surface area contributed by atoms with E-state index in [1.807, 2.05) is 0 Å². The number of fused-ring (bicyclic) bond motifs is 7. The molecule has 0 aliphatic carbocycles. The fourth-order valence-electron chi connectivity index (χ4n) is 5.53. The lowest BCUT2D eigenvalue weighted by molar-refractivity contribution is 0.200. The average Bonchev–Trinajstić information content (AvgIpc) is 3.27. The van der Waals surface area contributed by atoms with Gasteiger partial charge < -0.3 is 20.3 Å². The molecule has 2 aliphatic rings. The van der Waals surface area contributed by atoms with Crippen LogP contribution in [0.25, 0.3) is 21.5 Å². The largest absolute Gasteiger partial charge is 0.496 e. The molecule has 2 aliphatic heterocycles. The molecule has 0 amide bonds. The summed E-state index contributed by atoms with van der Waals surface area (Å²) in [7, 11) is 1.66. The number of rotatable bonds is 6. The molecule has 1 fully saturated rings. The molecule has 3 N–H and O–H groups in total. The van der Waals surface area contributed by atoms with Gasteiger partial charge in [0, 0.05) is 24.2 Å². The van der Waals surface area contributed by atoms with Crippen molar-refractivity contribution in [3.8, 4) is 11.5 Å². The summed E-state index contributed by atoms with van der Waals surface area (Å²) < 4.78 is 11.7. The summed E-state index contributed by atoms with van der Waals surface area (Å²) in [5.41, 5.74) is 10.3. The number of benzene rings is 3. The molecule has 5 nitrogen and oxygen atoms in total. The summed E-state index contributed by atoms with van der Waals surface area (Å²) in [6, 6.07) is 11.0. The van der Waals surface area contributed by atoms with Crippen LogP contribution in [0, 0.1) is 0 Å². The molecular formula is C26H32N2O3. The predicted octanol–water partition coefficient (Wildman–Crippen LogP) is 4.65. The third-order valence-electron chi connectivity index (χ3n) is 7.10. The summed E-state index contributed by atoms with van der Waals surface area (Å²) in [5.74, 6) is 1.61. The predicted molar refractivity (Wildman–Crippen MR) is 125 cm³/mol. The van der Waals surface area contributed by atoms with Gasteiger partial charge in [0.15, 0.2) is 0 Å². The highest BCUT2D eigenvalue weighted by Gasteiger charge is 2.38. The maximum atomic E-state index is 9.95. The Bertz CT molecular complexity index is 1130. The summed E-state index contributed by atoms with van der Waals surface area (Å²) in [6.07, 6.45) is 4.51. The third kappa shape index (κ3) is 3.36. The molecule has 2 heterocycles. The number of methoxy groups -OCH3 is 1. The molecule has 1 unspecified atom stereocenters. The lowest BCUT2D eigenvalue weighted by atomic mass is 9.82. The number of nitrogens with zero attached hydrogens (tertiary/aromatic N) is 1. The Morgan fingerprint density at radius 1 is 1.13 bits per heavy atom. The minimum atomic E-state index is -0.0574. The molecule has 3 aromatic rings. The Morgan fingerprint density at radius 3 is 2.74 bits per heavy atom. The van der Waals surface area contributed by atoms with Gasteiger partial charge in [-0.3, -0.25) is 4.90 Å². The van der Waals surface area contributed by atoms with Crippen LogP contribution in [0.5, 0.6) is 11.5 Å². The summed E-state index contributed by atoms with van der Waals surface area (Å²) in [4.78, 5) is 2.53. The Labute approximate surface area is 183 Å². The van der Waals surface area contributed by atoms with Gasteiger partial charge >= 0.3 is 0 Å². The summed E-state index contributed by atoms with van der Waals surface area (Å²) >= 11 is 0. The van der Waals surface area contributed by atoms with Crippen molar-refractivity contribution in [3.05, 3.63) is 47.0 Å². The number of ether oxygens (including phenoxy) is 2. The number of aliphatic hydroxyl groups is 1. The van der Waals surface area contributed by atoms with E-state index in [2.05, 4.69) is 42.2 Å². The Morgan fingerprint density at radius 2 is 1.97 bits per heavy atom. The molecule has 0 spiro atoms.